The molecule has 0 aliphatic heterocycles. The van der Waals surface area contributed by atoms with Crippen LogP contribution in [0.15, 0.2) is 36.4 Å². The lowest BCUT2D eigenvalue weighted by atomic mass is 10.2. The fourth-order valence-electron chi connectivity index (χ4n) is 1.80. The number of aromatic hydroxyl groups is 1. The quantitative estimate of drug-likeness (QED) is 0.909. The van der Waals surface area contributed by atoms with E-state index in [0.29, 0.717) is 23.9 Å². The highest BCUT2D eigenvalue weighted by molar-refractivity contribution is 5.44. The summed E-state index contributed by atoms with van der Waals surface area (Å²) in [6.45, 7) is 4.19. The van der Waals surface area contributed by atoms with Crippen LogP contribution in [0.1, 0.15) is 11.1 Å². The maximum absolute atomic E-state index is 9.54. The van der Waals surface area contributed by atoms with Crippen molar-refractivity contribution >= 4 is 0 Å². The summed E-state index contributed by atoms with van der Waals surface area (Å²) in [4.78, 5) is 0. The van der Waals surface area contributed by atoms with Crippen LogP contribution in [0.3, 0.4) is 0 Å². The second kappa shape index (κ2) is 6.19. The van der Waals surface area contributed by atoms with Crippen LogP contribution in [-0.4, -0.2) is 19.3 Å². The third-order valence-corrected chi connectivity index (χ3v) is 2.87. The van der Waals surface area contributed by atoms with Gasteiger partial charge in [0.15, 0.2) is 23.0 Å². The van der Waals surface area contributed by atoms with Gasteiger partial charge < -0.3 is 19.3 Å². The Morgan fingerprint density at radius 3 is 2.40 bits per heavy atom. The van der Waals surface area contributed by atoms with Crippen molar-refractivity contribution in [2.75, 3.05) is 14.2 Å². The minimum atomic E-state index is 0.107. The summed E-state index contributed by atoms with van der Waals surface area (Å²) >= 11 is 0. The molecule has 0 amide bonds. The van der Waals surface area contributed by atoms with Gasteiger partial charge in [-0.15, -0.1) is 0 Å². The minimum absolute atomic E-state index is 0.107. The van der Waals surface area contributed by atoms with Gasteiger partial charge in [0, 0.05) is 0 Å². The van der Waals surface area contributed by atoms with E-state index in [1.807, 2.05) is 18.2 Å². The third kappa shape index (κ3) is 3.15. The van der Waals surface area contributed by atoms with Crippen molar-refractivity contribution < 1.29 is 19.3 Å². The molecule has 0 aliphatic rings. The number of rotatable bonds is 5. The van der Waals surface area contributed by atoms with Gasteiger partial charge in [0.2, 0.25) is 0 Å². The zero-order valence-corrected chi connectivity index (χ0v) is 11.6. The van der Waals surface area contributed by atoms with Crippen LogP contribution >= 0.6 is 0 Å². The number of phenolic OH excluding ortho intramolecular Hbond substituents is 1. The van der Waals surface area contributed by atoms with Gasteiger partial charge in [0.25, 0.3) is 0 Å². The molecule has 4 nitrogen and oxygen atoms in total. The van der Waals surface area contributed by atoms with Gasteiger partial charge in [-0.3, -0.25) is 0 Å². The molecule has 0 spiro atoms. The first-order chi connectivity index (χ1) is 9.63. The lowest BCUT2D eigenvalue weighted by molar-refractivity contribution is 0.283. The first kappa shape index (κ1) is 14.1. The lowest BCUT2D eigenvalue weighted by Gasteiger charge is -2.12. The smallest absolute Gasteiger partial charge is 0.161 e. The summed E-state index contributed by atoms with van der Waals surface area (Å²) in [6.07, 6.45) is 0. The van der Waals surface area contributed by atoms with E-state index in [9.17, 15) is 5.11 Å². The van der Waals surface area contributed by atoms with Crippen LogP contribution in [0.4, 0.5) is 0 Å². The predicted octanol–water partition coefficient (Wildman–Crippen LogP) is 3.17. The Morgan fingerprint density at radius 2 is 1.70 bits per heavy atom. The van der Waals surface area contributed by atoms with Gasteiger partial charge >= 0.3 is 0 Å². The summed E-state index contributed by atoms with van der Waals surface area (Å²) in [7, 11) is 3.10. The molecule has 2 rings (SSSR count). The van der Waals surface area contributed by atoms with E-state index in [4.69, 9.17) is 14.2 Å². The molecule has 0 saturated heterocycles. The summed E-state index contributed by atoms with van der Waals surface area (Å²) in [6, 6.07) is 10.6. The van der Waals surface area contributed by atoms with Crippen molar-refractivity contribution in [3.05, 3.63) is 54.4 Å². The van der Waals surface area contributed by atoms with Gasteiger partial charge in [-0.05, 0) is 42.3 Å². The predicted molar refractivity (Wildman–Crippen MR) is 76.4 cm³/mol. The summed E-state index contributed by atoms with van der Waals surface area (Å²) in [5.41, 5.74) is 1.75. The molecule has 0 aliphatic carbocycles. The molecule has 1 radical (unpaired) electrons. The van der Waals surface area contributed by atoms with Crippen LogP contribution in [0.5, 0.6) is 23.0 Å². The van der Waals surface area contributed by atoms with Crippen molar-refractivity contribution in [2.45, 2.75) is 6.61 Å². The monoisotopic (exact) mass is 273 g/mol. The number of hydrogen-bond acceptors (Lipinski definition) is 4. The molecular weight excluding hydrogens is 256 g/mol. The molecule has 4 heteroatoms. The number of phenols is 1. The standard InChI is InChI=1S/C16H17O4/c1-11-4-7-14(16(8-11)19-3)20-10-12-5-6-13(17)15(9-12)18-2/h4-9,17H,1,10H2,2-3H3. The van der Waals surface area contributed by atoms with Gasteiger partial charge in [-0.2, -0.15) is 0 Å². The largest absolute Gasteiger partial charge is 0.504 e. The fraction of sp³-hybridized carbons (Fsp3) is 0.188. The molecule has 0 saturated carbocycles. The summed E-state index contributed by atoms with van der Waals surface area (Å²) < 4.78 is 16.0. The molecule has 0 bridgehead atoms. The molecule has 2 aromatic rings. The zero-order chi connectivity index (χ0) is 14.5. The van der Waals surface area contributed by atoms with Crippen LogP contribution in [-0.2, 0) is 6.61 Å². The Morgan fingerprint density at radius 1 is 0.950 bits per heavy atom. The average Bonchev–Trinajstić information content (AvgIpc) is 2.47. The Bertz CT molecular complexity index is 593. The highest BCUT2D eigenvalue weighted by atomic mass is 16.5. The molecule has 2 aromatic carbocycles. The highest BCUT2D eigenvalue weighted by Gasteiger charge is 2.07. The number of methoxy groups -OCH3 is 2. The van der Waals surface area contributed by atoms with E-state index >= 15 is 0 Å². The molecule has 0 aromatic heterocycles. The molecule has 105 valence electrons. The van der Waals surface area contributed by atoms with E-state index in [-0.39, 0.29) is 5.75 Å². The Kier molecular flexibility index (Phi) is 4.35. The molecule has 1 N–H and O–H groups in total. The topological polar surface area (TPSA) is 47.9 Å². The number of ether oxygens (including phenoxy) is 3. The van der Waals surface area contributed by atoms with Crippen LogP contribution in [0.25, 0.3) is 0 Å². The third-order valence-electron chi connectivity index (χ3n) is 2.87. The second-order valence-corrected chi connectivity index (χ2v) is 4.28. The fourth-order valence-corrected chi connectivity index (χ4v) is 1.80. The highest BCUT2D eigenvalue weighted by Crippen LogP contribution is 2.30. The Balaban J connectivity index is 2.12. The lowest BCUT2D eigenvalue weighted by Crippen LogP contribution is -1.98. The van der Waals surface area contributed by atoms with E-state index in [0.717, 1.165) is 11.1 Å². The van der Waals surface area contributed by atoms with Crippen molar-refractivity contribution in [2.24, 2.45) is 0 Å². The van der Waals surface area contributed by atoms with E-state index in [1.165, 1.54) is 7.11 Å². The molecule has 20 heavy (non-hydrogen) atoms. The summed E-state index contributed by atoms with van der Waals surface area (Å²) in [5.74, 6) is 1.82. The molecule has 0 fully saturated rings. The van der Waals surface area contributed by atoms with Gasteiger partial charge in [-0.1, -0.05) is 12.1 Å². The van der Waals surface area contributed by atoms with E-state index in [2.05, 4.69) is 6.92 Å². The second-order valence-electron chi connectivity index (χ2n) is 4.28. The van der Waals surface area contributed by atoms with Crippen LogP contribution in [0, 0.1) is 6.92 Å². The Hall–Kier alpha value is -2.36. The summed E-state index contributed by atoms with van der Waals surface area (Å²) in [5, 5.41) is 9.54. The SMILES string of the molecule is [CH2]c1ccc(OCc2ccc(O)c(OC)c2)c(OC)c1. The first-order valence-electron chi connectivity index (χ1n) is 6.12. The molecular formula is C16H17O4. The van der Waals surface area contributed by atoms with Crippen molar-refractivity contribution in [3.63, 3.8) is 0 Å². The maximum atomic E-state index is 9.54. The normalized spacial score (nSPS) is 10.2. The maximum Gasteiger partial charge on any atom is 0.161 e. The number of hydrogen-bond donors (Lipinski definition) is 1. The minimum Gasteiger partial charge on any atom is -0.504 e. The van der Waals surface area contributed by atoms with Gasteiger partial charge in [0.05, 0.1) is 14.2 Å². The van der Waals surface area contributed by atoms with Gasteiger partial charge in [0.1, 0.15) is 6.61 Å². The zero-order valence-electron chi connectivity index (χ0n) is 11.6. The first-order valence-corrected chi connectivity index (χ1v) is 6.12. The van der Waals surface area contributed by atoms with Crippen molar-refractivity contribution in [1.29, 1.82) is 0 Å². The molecule has 0 heterocycles. The van der Waals surface area contributed by atoms with Crippen molar-refractivity contribution in [3.8, 4) is 23.0 Å². The van der Waals surface area contributed by atoms with Crippen LogP contribution in [0.2, 0.25) is 0 Å². The molecule has 0 unspecified atom stereocenters. The van der Waals surface area contributed by atoms with E-state index < -0.39 is 0 Å². The number of benzene rings is 2. The Labute approximate surface area is 118 Å². The van der Waals surface area contributed by atoms with Crippen LogP contribution < -0.4 is 14.2 Å². The van der Waals surface area contributed by atoms with E-state index in [1.54, 1.807) is 25.3 Å². The van der Waals surface area contributed by atoms with Crippen molar-refractivity contribution in [1.82, 2.24) is 0 Å². The molecule has 0 atom stereocenters. The average molecular weight is 273 g/mol. The van der Waals surface area contributed by atoms with Gasteiger partial charge in [-0.25, -0.2) is 0 Å².